The van der Waals surface area contributed by atoms with Crippen LogP contribution in [-0.2, 0) is 22.9 Å². The Balaban J connectivity index is 1.84. The summed E-state index contributed by atoms with van der Waals surface area (Å²) in [4.78, 5) is 11.4. The SMILES string of the molecule is COc1ccc(S(=O)(=O)Nc2ccccc2CCc2cccc(C(=O)O)c2)c(C)c1C. The van der Waals surface area contributed by atoms with Crippen molar-refractivity contribution in [3.63, 3.8) is 0 Å². The van der Waals surface area contributed by atoms with Gasteiger partial charge in [0.1, 0.15) is 5.75 Å². The molecule has 0 aromatic heterocycles. The van der Waals surface area contributed by atoms with Crippen LogP contribution in [0, 0.1) is 13.8 Å². The summed E-state index contributed by atoms with van der Waals surface area (Å²) in [6, 6.07) is 17.2. The molecule has 2 N–H and O–H groups in total. The normalized spacial score (nSPS) is 11.2. The minimum absolute atomic E-state index is 0.203. The number of rotatable bonds is 8. The van der Waals surface area contributed by atoms with E-state index in [1.54, 1.807) is 56.5 Å². The molecule has 0 radical (unpaired) electrons. The quantitative estimate of drug-likeness (QED) is 0.535. The molecule has 0 aliphatic rings. The molecule has 0 aliphatic heterocycles. The standard InChI is InChI=1S/C24H25NO5S/c1-16-17(2)23(14-13-22(16)30-3)31(28,29)25-21-10-5-4-8-19(21)12-11-18-7-6-9-20(15-18)24(26)27/h4-10,13-15,25H,11-12H2,1-3H3,(H,26,27). The number of aromatic carboxylic acids is 1. The maximum Gasteiger partial charge on any atom is 0.335 e. The minimum atomic E-state index is -3.80. The highest BCUT2D eigenvalue weighted by Gasteiger charge is 2.20. The van der Waals surface area contributed by atoms with Gasteiger partial charge >= 0.3 is 5.97 Å². The van der Waals surface area contributed by atoms with Gasteiger partial charge in [-0.05, 0) is 79.3 Å². The molecule has 0 atom stereocenters. The second kappa shape index (κ2) is 9.22. The molecule has 0 unspecified atom stereocenters. The lowest BCUT2D eigenvalue weighted by Crippen LogP contribution is -2.16. The first-order valence-electron chi connectivity index (χ1n) is 9.80. The molecule has 0 bridgehead atoms. The molecule has 31 heavy (non-hydrogen) atoms. The number of aryl methyl sites for hydroxylation is 2. The van der Waals surface area contributed by atoms with Gasteiger partial charge in [0.25, 0.3) is 10.0 Å². The van der Waals surface area contributed by atoms with E-state index in [1.165, 1.54) is 0 Å². The molecule has 0 saturated heterocycles. The number of nitrogens with one attached hydrogen (secondary N) is 1. The summed E-state index contributed by atoms with van der Waals surface area (Å²) in [6.45, 7) is 3.58. The van der Waals surface area contributed by atoms with Gasteiger partial charge in [-0.15, -0.1) is 0 Å². The van der Waals surface area contributed by atoms with Gasteiger partial charge in [-0.1, -0.05) is 30.3 Å². The number of carboxylic acid groups (broad SMARTS) is 1. The smallest absolute Gasteiger partial charge is 0.335 e. The number of methoxy groups -OCH3 is 1. The van der Waals surface area contributed by atoms with Crippen molar-refractivity contribution in [3.8, 4) is 5.75 Å². The van der Waals surface area contributed by atoms with Crippen molar-refractivity contribution in [2.45, 2.75) is 31.6 Å². The second-order valence-corrected chi connectivity index (χ2v) is 8.93. The van der Waals surface area contributed by atoms with Gasteiger partial charge in [-0.3, -0.25) is 4.72 Å². The zero-order valence-corrected chi connectivity index (χ0v) is 18.5. The van der Waals surface area contributed by atoms with E-state index < -0.39 is 16.0 Å². The van der Waals surface area contributed by atoms with E-state index in [0.717, 1.165) is 16.7 Å². The third kappa shape index (κ3) is 5.06. The number of hydrogen-bond acceptors (Lipinski definition) is 4. The fourth-order valence-corrected chi connectivity index (χ4v) is 4.86. The first kappa shape index (κ1) is 22.4. The van der Waals surface area contributed by atoms with Crippen molar-refractivity contribution in [2.24, 2.45) is 0 Å². The van der Waals surface area contributed by atoms with Crippen LogP contribution in [0.3, 0.4) is 0 Å². The van der Waals surface area contributed by atoms with Crippen molar-refractivity contribution in [2.75, 3.05) is 11.8 Å². The van der Waals surface area contributed by atoms with E-state index in [4.69, 9.17) is 9.84 Å². The van der Waals surface area contributed by atoms with Crippen LogP contribution in [0.15, 0.2) is 65.6 Å². The molecule has 3 aromatic carbocycles. The number of benzene rings is 3. The maximum atomic E-state index is 13.1. The fourth-order valence-electron chi connectivity index (χ4n) is 3.46. The number of anilines is 1. The van der Waals surface area contributed by atoms with Crippen LogP contribution in [0.2, 0.25) is 0 Å². The van der Waals surface area contributed by atoms with Crippen molar-refractivity contribution in [1.82, 2.24) is 0 Å². The summed E-state index contributed by atoms with van der Waals surface area (Å²) in [7, 11) is -2.25. The number of para-hydroxylation sites is 1. The summed E-state index contributed by atoms with van der Waals surface area (Å²) < 4.78 is 34.2. The molecule has 0 saturated carbocycles. The van der Waals surface area contributed by atoms with E-state index in [-0.39, 0.29) is 10.5 Å². The van der Waals surface area contributed by atoms with Crippen LogP contribution < -0.4 is 9.46 Å². The predicted octanol–water partition coefficient (Wildman–Crippen LogP) is 4.60. The highest BCUT2D eigenvalue weighted by atomic mass is 32.2. The Morgan fingerprint density at radius 1 is 0.968 bits per heavy atom. The molecule has 0 spiro atoms. The van der Waals surface area contributed by atoms with Gasteiger partial charge in [0.2, 0.25) is 0 Å². The van der Waals surface area contributed by atoms with Crippen LogP contribution in [-0.4, -0.2) is 26.6 Å². The van der Waals surface area contributed by atoms with Crippen LogP contribution in [0.1, 0.15) is 32.6 Å². The van der Waals surface area contributed by atoms with Crippen LogP contribution in [0.4, 0.5) is 5.69 Å². The van der Waals surface area contributed by atoms with Gasteiger partial charge in [0, 0.05) is 0 Å². The topological polar surface area (TPSA) is 92.7 Å². The molecule has 3 rings (SSSR count). The Bertz CT molecular complexity index is 1220. The van der Waals surface area contributed by atoms with E-state index in [9.17, 15) is 13.2 Å². The molecule has 0 fully saturated rings. The zero-order chi connectivity index (χ0) is 22.6. The molecule has 6 nitrogen and oxygen atoms in total. The number of ether oxygens (including phenoxy) is 1. The predicted molar refractivity (Wildman–Crippen MR) is 121 cm³/mol. The van der Waals surface area contributed by atoms with E-state index in [0.29, 0.717) is 29.8 Å². The number of carbonyl (C=O) groups is 1. The largest absolute Gasteiger partial charge is 0.496 e. The summed E-state index contributed by atoms with van der Waals surface area (Å²) in [5.74, 6) is -0.333. The lowest BCUT2D eigenvalue weighted by atomic mass is 10.0. The monoisotopic (exact) mass is 439 g/mol. The summed E-state index contributed by atoms with van der Waals surface area (Å²) in [5, 5.41) is 9.16. The number of hydrogen-bond donors (Lipinski definition) is 2. The number of carboxylic acids is 1. The molecule has 162 valence electrons. The lowest BCUT2D eigenvalue weighted by Gasteiger charge is -2.16. The average Bonchev–Trinajstić information content (AvgIpc) is 2.74. The second-order valence-electron chi connectivity index (χ2n) is 7.28. The van der Waals surface area contributed by atoms with E-state index in [2.05, 4.69) is 4.72 Å². The molecular formula is C24H25NO5S. The molecule has 0 heterocycles. The lowest BCUT2D eigenvalue weighted by molar-refractivity contribution is 0.0696. The Labute approximate surface area is 182 Å². The van der Waals surface area contributed by atoms with Gasteiger partial charge < -0.3 is 9.84 Å². The highest BCUT2D eigenvalue weighted by molar-refractivity contribution is 7.92. The van der Waals surface area contributed by atoms with Crippen molar-refractivity contribution in [3.05, 3.63) is 88.5 Å². The first-order valence-corrected chi connectivity index (χ1v) is 11.3. The van der Waals surface area contributed by atoms with E-state index in [1.807, 2.05) is 25.1 Å². The van der Waals surface area contributed by atoms with Gasteiger partial charge in [-0.2, -0.15) is 0 Å². The maximum absolute atomic E-state index is 13.1. The van der Waals surface area contributed by atoms with Gasteiger partial charge in [0.05, 0.1) is 23.3 Å². The average molecular weight is 440 g/mol. The van der Waals surface area contributed by atoms with Crippen LogP contribution in [0.5, 0.6) is 5.75 Å². The minimum Gasteiger partial charge on any atom is -0.496 e. The third-order valence-electron chi connectivity index (χ3n) is 5.32. The molecule has 0 amide bonds. The highest BCUT2D eigenvalue weighted by Crippen LogP contribution is 2.29. The Hall–Kier alpha value is -3.32. The van der Waals surface area contributed by atoms with Crippen molar-refractivity contribution < 1.29 is 23.1 Å². The van der Waals surface area contributed by atoms with Crippen LogP contribution >= 0.6 is 0 Å². The van der Waals surface area contributed by atoms with E-state index >= 15 is 0 Å². The summed E-state index contributed by atoms with van der Waals surface area (Å²) >= 11 is 0. The molecule has 3 aromatic rings. The molecule has 0 aliphatic carbocycles. The fraction of sp³-hybridized carbons (Fsp3) is 0.208. The zero-order valence-electron chi connectivity index (χ0n) is 17.7. The first-order chi connectivity index (χ1) is 14.7. The molecule has 7 heteroatoms. The Kier molecular flexibility index (Phi) is 6.65. The Morgan fingerprint density at radius 3 is 2.42 bits per heavy atom. The van der Waals surface area contributed by atoms with Crippen molar-refractivity contribution >= 4 is 21.7 Å². The van der Waals surface area contributed by atoms with Gasteiger partial charge in [-0.25, -0.2) is 13.2 Å². The van der Waals surface area contributed by atoms with Crippen molar-refractivity contribution in [1.29, 1.82) is 0 Å². The third-order valence-corrected chi connectivity index (χ3v) is 6.83. The number of sulfonamides is 1. The Morgan fingerprint density at radius 2 is 1.71 bits per heavy atom. The van der Waals surface area contributed by atoms with Crippen LogP contribution in [0.25, 0.3) is 0 Å². The summed E-state index contributed by atoms with van der Waals surface area (Å²) in [6.07, 6.45) is 1.14. The molecular weight excluding hydrogens is 414 g/mol. The summed E-state index contributed by atoms with van der Waals surface area (Å²) in [5.41, 5.74) is 3.85. The van der Waals surface area contributed by atoms with Gasteiger partial charge in [0.15, 0.2) is 0 Å².